The van der Waals surface area contributed by atoms with Crippen molar-refractivity contribution in [3.63, 3.8) is 0 Å². The van der Waals surface area contributed by atoms with Crippen LogP contribution < -0.4 is 10.6 Å². The second kappa shape index (κ2) is 10.1. The smallest absolute Gasteiger partial charge is 0.191 e. The fourth-order valence-electron chi connectivity index (χ4n) is 3.19. The maximum absolute atomic E-state index is 5.34. The maximum atomic E-state index is 5.34. The van der Waals surface area contributed by atoms with Crippen LogP contribution in [0.2, 0.25) is 0 Å². The average molecular weight is 370 g/mol. The van der Waals surface area contributed by atoms with E-state index in [4.69, 9.17) is 4.42 Å². The van der Waals surface area contributed by atoms with Gasteiger partial charge in [0.05, 0.1) is 6.26 Å². The van der Waals surface area contributed by atoms with Crippen LogP contribution in [0.4, 0.5) is 0 Å². The van der Waals surface area contributed by atoms with E-state index in [1.54, 1.807) is 13.3 Å². The topological polar surface area (TPSA) is 56.0 Å². The summed E-state index contributed by atoms with van der Waals surface area (Å²) in [7, 11) is 3.99. The highest BCUT2D eigenvalue weighted by Crippen LogP contribution is 2.09. The number of furan rings is 1. The van der Waals surface area contributed by atoms with E-state index in [9.17, 15) is 0 Å². The van der Waals surface area contributed by atoms with E-state index < -0.39 is 0 Å². The number of likely N-dealkylation sites (N-methyl/N-ethyl adjacent to an activating group) is 1. The average Bonchev–Trinajstić information content (AvgIpc) is 3.21. The van der Waals surface area contributed by atoms with Gasteiger partial charge in [-0.25, -0.2) is 0 Å². The van der Waals surface area contributed by atoms with Crippen molar-refractivity contribution in [2.75, 3.05) is 46.8 Å². The number of nitrogens with zero attached hydrogens (tertiary/aromatic N) is 3. The number of aliphatic imine (C=N–C) groups is 1. The molecule has 6 heteroatoms. The lowest BCUT2D eigenvalue weighted by Gasteiger charge is -2.32. The van der Waals surface area contributed by atoms with Gasteiger partial charge in [-0.05, 0) is 30.3 Å². The van der Waals surface area contributed by atoms with E-state index in [0.717, 1.165) is 64.0 Å². The molecule has 2 heterocycles. The van der Waals surface area contributed by atoms with Crippen LogP contribution in [-0.2, 0) is 19.5 Å². The Morgan fingerprint density at radius 2 is 1.78 bits per heavy atom. The molecule has 0 atom stereocenters. The van der Waals surface area contributed by atoms with Crippen molar-refractivity contribution in [1.82, 2.24) is 20.4 Å². The predicted molar refractivity (Wildman–Crippen MR) is 110 cm³/mol. The van der Waals surface area contributed by atoms with Crippen LogP contribution in [0.3, 0.4) is 0 Å². The van der Waals surface area contributed by atoms with Gasteiger partial charge in [0.1, 0.15) is 5.76 Å². The summed E-state index contributed by atoms with van der Waals surface area (Å²) < 4.78 is 5.34. The first-order chi connectivity index (χ1) is 13.2. The Balaban J connectivity index is 1.39. The second-order valence-corrected chi connectivity index (χ2v) is 7.08. The lowest BCUT2D eigenvalue weighted by atomic mass is 10.1. The van der Waals surface area contributed by atoms with E-state index in [1.807, 2.05) is 12.1 Å². The van der Waals surface area contributed by atoms with Gasteiger partial charge < -0.3 is 20.0 Å². The highest BCUT2D eigenvalue weighted by Gasteiger charge is 2.13. The standard InChI is InChI=1S/C21H31N5O/c1-22-21(23-10-9-20-4-3-15-27-20)24-16-18-5-7-19(8-6-18)17-26-13-11-25(2)12-14-26/h3-8,15H,9-14,16-17H2,1-2H3,(H2,22,23,24). The molecule has 0 radical (unpaired) electrons. The van der Waals surface area contributed by atoms with Crippen molar-refractivity contribution in [3.8, 4) is 0 Å². The summed E-state index contributed by atoms with van der Waals surface area (Å²) in [5.41, 5.74) is 2.63. The molecular weight excluding hydrogens is 338 g/mol. The SMILES string of the molecule is CN=C(NCCc1ccco1)NCc1ccc(CN2CCN(C)CC2)cc1. The van der Waals surface area contributed by atoms with Crippen LogP contribution in [-0.4, -0.2) is 62.6 Å². The van der Waals surface area contributed by atoms with Gasteiger partial charge in [0, 0.05) is 59.3 Å². The van der Waals surface area contributed by atoms with E-state index in [1.165, 1.54) is 11.1 Å². The Kier molecular flexibility index (Phi) is 7.30. The largest absolute Gasteiger partial charge is 0.469 e. The molecule has 2 aromatic rings. The molecular formula is C21H31N5O. The van der Waals surface area contributed by atoms with Crippen molar-refractivity contribution >= 4 is 5.96 Å². The third-order valence-electron chi connectivity index (χ3n) is 4.95. The van der Waals surface area contributed by atoms with Crippen molar-refractivity contribution in [2.24, 2.45) is 4.99 Å². The number of piperazine rings is 1. The zero-order chi connectivity index (χ0) is 18.9. The lowest BCUT2D eigenvalue weighted by molar-refractivity contribution is 0.148. The molecule has 0 aliphatic carbocycles. The molecule has 6 nitrogen and oxygen atoms in total. The molecule has 1 aliphatic rings. The van der Waals surface area contributed by atoms with Gasteiger partial charge in [0.15, 0.2) is 5.96 Å². The summed E-state index contributed by atoms with van der Waals surface area (Å²) in [6.45, 7) is 7.21. The number of nitrogens with one attached hydrogen (secondary N) is 2. The van der Waals surface area contributed by atoms with Crippen molar-refractivity contribution in [2.45, 2.75) is 19.5 Å². The monoisotopic (exact) mass is 369 g/mol. The fourth-order valence-corrected chi connectivity index (χ4v) is 3.19. The van der Waals surface area contributed by atoms with Crippen LogP contribution in [0.5, 0.6) is 0 Å². The molecule has 1 fully saturated rings. The Morgan fingerprint density at radius 3 is 2.44 bits per heavy atom. The lowest BCUT2D eigenvalue weighted by Crippen LogP contribution is -2.43. The highest BCUT2D eigenvalue weighted by atomic mass is 16.3. The predicted octanol–water partition coefficient (Wildman–Crippen LogP) is 1.93. The van der Waals surface area contributed by atoms with E-state index in [-0.39, 0.29) is 0 Å². The summed E-state index contributed by atoms with van der Waals surface area (Å²) in [4.78, 5) is 9.19. The van der Waals surface area contributed by atoms with Gasteiger partial charge in [-0.2, -0.15) is 0 Å². The quantitative estimate of drug-likeness (QED) is 0.577. The molecule has 146 valence electrons. The molecule has 1 aromatic heterocycles. The molecule has 0 amide bonds. The zero-order valence-corrected chi connectivity index (χ0v) is 16.4. The Labute approximate surface area is 162 Å². The van der Waals surface area contributed by atoms with Crippen LogP contribution in [0.1, 0.15) is 16.9 Å². The summed E-state index contributed by atoms with van der Waals surface area (Å²) in [5, 5.41) is 6.68. The fraction of sp³-hybridized carbons (Fsp3) is 0.476. The van der Waals surface area contributed by atoms with Crippen LogP contribution >= 0.6 is 0 Å². The third-order valence-corrected chi connectivity index (χ3v) is 4.95. The van der Waals surface area contributed by atoms with Crippen molar-refractivity contribution < 1.29 is 4.42 Å². The van der Waals surface area contributed by atoms with Crippen LogP contribution in [0.25, 0.3) is 0 Å². The molecule has 0 saturated carbocycles. The minimum absolute atomic E-state index is 0.759. The summed E-state index contributed by atoms with van der Waals surface area (Å²) in [6, 6.07) is 12.8. The first kappa shape index (κ1) is 19.5. The van der Waals surface area contributed by atoms with E-state index >= 15 is 0 Å². The second-order valence-electron chi connectivity index (χ2n) is 7.08. The summed E-state index contributed by atoms with van der Waals surface area (Å²) >= 11 is 0. The first-order valence-electron chi connectivity index (χ1n) is 9.68. The van der Waals surface area contributed by atoms with Gasteiger partial charge in [-0.1, -0.05) is 24.3 Å². The number of guanidine groups is 1. The van der Waals surface area contributed by atoms with Gasteiger partial charge >= 0.3 is 0 Å². The molecule has 1 aliphatic heterocycles. The van der Waals surface area contributed by atoms with E-state index in [2.05, 4.69) is 56.7 Å². The summed E-state index contributed by atoms with van der Waals surface area (Å²) in [5.74, 6) is 1.79. The van der Waals surface area contributed by atoms with E-state index in [0.29, 0.717) is 0 Å². The van der Waals surface area contributed by atoms with Gasteiger partial charge in [-0.3, -0.25) is 9.89 Å². The minimum Gasteiger partial charge on any atom is -0.469 e. The Morgan fingerprint density at radius 1 is 1.04 bits per heavy atom. The van der Waals surface area contributed by atoms with Crippen LogP contribution in [0, 0.1) is 0 Å². The maximum Gasteiger partial charge on any atom is 0.191 e. The molecule has 3 rings (SSSR count). The molecule has 0 unspecified atom stereocenters. The highest BCUT2D eigenvalue weighted by molar-refractivity contribution is 5.79. The van der Waals surface area contributed by atoms with Crippen molar-refractivity contribution in [1.29, 1.82) is 0 Å². The molecule has 0 spiro atoms. The summed E-state index contributed by atoms with van der Waals surface area (Å²) in [6.07, 6.45) is 2.55. The molecule has 1 aromatic carbocycles. The van der Waals surface area contributed by atoms with Gasteiger partial charge in [-0.15, -0.1) is 0 Å². The minimum atomic E-state index is 0.759. The molecule has 0 bridgehead atoms. The molecule has 27 heavy (non-hydrogen) atoms. The number of hydrogen-bond acceptors (Lipinski definition) is 4. The first-order valence-corrected chi connectivity index (χ1v) is 9.68. The number of rotatable bonds is 7. The Hall–Kier alpha value is -2.31. The van der Waals surface area contributed by atoms with Gasteiger partial charge in [0.2, 0.25) is 0 Å². The van der Waals surface area contributed by atoms with Crippen LogP contribution in [0.15, 0.2) is 52.1 Å². The molecule has 2 N–H and O–H groups in total. The number of hydrogen-bond donors (Lipinski definition) is 2. The van der Waals surface area contributed by atoms with Crippen molar-refractivity contribution in [3.05, 3.63) is 59.5 Å². The number of benzene rings is 1. The third kappa shape index (κ3) is 6.41. The molecule has 1 saturated heterocycles. The zero-order valence-electron chi connectivity index (χ0n) is 16.4. The normalized spacial score (nSPS) is 16.4. The Bertz CT molecular complexity index is 688. The van der Waals surface area contributed by atoms with Gasteiger partial charge in [0.25, 0.3) is 0 Å².